The Hall–Kier alpha value is -2.07. The monoisotopic (exact) mass is 482 g/mol. The lowest BCUT2D eigenvalue weighted by molar-refractivity contribution is -0.0631. The van der Waals surface area contributed by atoms with Crippen molar-refractivity contribution in [2.75, 3.05) is 67.3 Å². The van der Waals surface area contributed by atoms with E-state index in [2.05, 4.69) is 18.7 Å². The van der Waals surface area contributed by atoms with Crippen molar-refractivity contribution >= 4 is 5.91 Å². The highest BCUT2D eigenvalue weighted by atomic mass is 16.5. The number of aliphatic hydroxyl groups is 1. The van der Waals surface area contributed by atoms with Gasteiger partial charge in [0.25, 0.3) is 5.91 Å². The fourth-order valence-corrected chi connectivity index (χ4v) is 4.03. The van der Waals surface area contributed by atoms with Crippen molar-refractivity contribution in [3.8, 4) is 17.2 Å². The summed E-state index contributed by atoms with van der Waals surface area (Å²) in [5.41, 5.74) is 0.462. The molecule has 1 heterocycles. The zero-order valence-electron chi connectivity index (χ0n) is 21.7. The van der Waals surface area contributed by atoms with E-state index in [1.165, 1.54) is 21.3 Å². The molecule has 1 aromatic rings. The molecule has 0 radical (unpaired) electrons. The molecule has 1 aromatic carbocycles. The summed E-state index contributed by atoms with van der Waals surface area (Å²) >= 11 is 0. The number of nitrogens with zero attached hydrogens (tertiary/aromatic N) is 2. The number of hydrogen-bond acceptors (Lipinski definition) is 8. The van der Waals surface area contributed by atoms with Crippen molar-refractivity contribution in [2.45, 2.75) is 46.0 Å². The van der Waals surface area contributed by atoms with Gasteiger partial charge in [0.1, 0.15) is 0 Å². The normalized spacial score (nSPS) is 17.6. The molecule has 1 saturated heterocycles. The van der Waals surface area contributed by atoms with Crippen LogP contribution in [0.1, 0.15) is 38.1 Å². The maximum absolute atomic E-state index is 13.5. The largest absolute Gasteiger partial charge is 0.493 e. The summed E-state index contributed by atoms with van der Waals surface area (Å²) in [5.74, 6) is 1.47. The Balaban J connectivity index is 2.13. The molecule has 1 N–H and O–H groups in total. The molecular weight excluding hydrogens is 440 g/mol. The third kappa shape index (κ3) is 8.30. The van der Waals surface area contributed by atoms with Gasteiger partial charge in [0.2, 0.25) is 5.75 Å². The lowest BCUT2D eigenvalue weighted by atomic mass is 10.1. The number of hydrogen-bond donors (Lipinski definition) is 1. The van der Waals surface area contributed by atoms with Crippen molar-refractivity contribution in [3.63, 3.8) is 0 Å². The fraction of sp³-hybridized carbons (Fsp3) is 0.720. The quantitative estimate of drug-likeness (QED) is 0.458. The smallest absolute Gasteiger partial charge is 0.254 e. The molecule has 0 unspecified atom stereocenters. The van der Waals surface area contributed by atoms with E-state index in [9.17, 15) is 9.90 Å². The highest BCUT2D eigenvalue weighted by molar-refractivity contribution is 5.95. The zero-order valence-corrected chi connectivity index (χ0v) is 21.7. The van der Waals surface area contributed by atoms with E-state index in [0.717, 1.165) is 6.54 Å². The Bertz CT molecular complexity index is 747. The van der Waals surface area contributed by atoms with Crippen LogP contribution in [0.3, 0.4) is 0 Å². The Morgan fingerprint density at radius 2 is 1.79 bits per heavy atom. The molecule has 1 aliphatic heterocycles. The van der Waals surface area contributed by atoms with Gasteiger partial charge >= 0.3 is 0 Å². The summed E-state index contributed by atoms with van der Waals surface area (Å²) in [6.45, 7) is 11.8. The predicted octanol–water partition coefficient (Wildman–Crippen LogP) is 2.30. The summed E-state index contributed by atoms with van der Waals surface area (Å²) in [7, 11) is 4.59. The van der Waals surface area contributed by atoms with E-state index in [1.54, 1.807) is 12.1 Å². The van der Waals surface area contributed by atoms with Gasteiger partial charge in [-0.3, -0.25) is 9.69 Å². The Labute approximate surface area is 203 Å². The van der Waals surface area contributed by atoms with E-state index in [-0.39, 0.29) is 24.0 Å². The molecule has 2 atom stereocenters. The minimum atomic E-state index is -0.561. The number of ether oxygens (including phenoxy) is 5. The van der Waals surface area contributed by atoms with Crippen LogP contribution in [0, 0.1) is 5.92 Å². The lowest BCUT2D eigenvalue weighted by Gasteiger charge is -2.37. The minimum Gasteiger partial charge on any atom is -0.493 e. The predicted molar refractivity (Wildman–Crippen MR) is 130 cm³/mol. The Morgan fingerprint density at radius 1 is 1.15 bits per heavy atom. The van der Waals surface area contributed by atoms with Crippen molar-refractivity contribution in [1.29, 1.82) is 0 Å². The summed E-state index contributed by atoms with van der Waals surface area (Å²) in [6.07, 6.45) is -0.636. The van der Waals surface area contributed by atoms with Gasteiger partial charge in [0.05, 0.1) is 52.9 Å². The number of morpholine rings is 1. The van der Waals surface area contributed by atoms with Crippen molar-refractivity contribution in [1.82, 2.24) is 9.80 Å². The molecular formula is C25H42N2O7. The number of aliphatic hydroxyl groups excluding tert-OH is 1. The molecule has 1 amide bonds. The topological polar surface area (TPSA) is 89.9 Å². The molecule has 194 valence electrons. The van der Waals surface area contributed by atoms with Crippen LogP contribution in [0.5, 0.6) is 17.2 Å². The summed E-state index contributed by atoms with van der Waals surface area (Å²) < 4.78 is 27.8. The van der Waals surface area contributed by atoms with Crippen LogP contribution >= 0.6 is 0 Å². The molecule has 0 saturated carbocycles. The van der Waals surface area contributed by atoms with Gasteiger partial charge in [-0.25, -0.2) is 0 Å². The lowest BCUT2D eigenvalue weighted by Crippen LogP contribution is -2.51. The number of methoxy groups -OCH3 is 3. The second kappa shape index (κ2) is 13.7. The Morgan fingerprint density at radius 3 is 2.32 bits per heavy atom. The first-order valence-electron chi connectivity index (χ1n) is 11.9. The molecule has 9 heteroatoms. The SMILES string of the molecule is COc1cc(C(=O)N(CC(C)C)C[C@@H]2CN(C[C@H](O)COC(C)C)CCO2)cc(OC)c1OC. The summed E-state index contributed by atoms with van der Waals surface area (Å²) in [5, 5.41) is 10.3. The molecule has 0 aliphatic carbocycles. The van der Waals surface area contributed by atoms with Gasteiger partial charge in [-0.2, -0.15) is 0 Å². The molecule has 1 aliphatic rings. The van der Waals surface area contributed by atoms with E-state index < -0.39 is 6.10 Å². The zero-order chi connectivity index (χ0) is 25.3. The molecule has 9 nitrogen and oxygen atoms in total. The van der Waals surface area contributed by atoms with Crippen LogP contribution in [0.2, 0.25) is 0 Å². The number of benzene rings is 1. The number of β-amino-alcohol motifs (C(OH)–C–C–N with tert-alkyl or cyclic N) is 1. The third-order valence-corrected chi connectivity index (χ3v) is 5.52. The molecule has 1 fully saturated rings. The van der Waals surface area contributed by atoms with E-state index in [4.69, 9.17) is 23.7 Å². The average Bonchev–Trinajstić information content (AvgIpc) is 2.80. The molecule has 34 heavy (non-hydrogen) atoms. The molecule has 2 rings (SSSR count). The first-order valence-corrected chi connectivity index (χ1v) is 11.9. The fourth-order valence-electron chi connectivity index (χ4n) is 4.03. The molecule has 0 spiro atoms. The first kappa shape index (κ1) is 28.2. The number of carbonyl (C=O) groups excluding carboxylic acids is 1. The van der Waals surface area contributed by atoms with Crippen LogP contribution in [-0.2, 0) is 9.47 Å². The second-order valence-electron chi connectivity index (χ2n) is 9.31. The van der Waals surface area contributed by atoms with Crippen LogP contribution in [0.15, 0.2) is 12.1 Å². The van der Waals surface area contributed by atoms with Crippen molar-refractivity contribution < 1.29 is 33.6 Å². The van der Waals surface area contributed by atoms with Gasteiger partial charge in [-0.1, -0.05) is 13.8 Å². The number of carbonyl (C=O) groups is 1. The van der Waals surface area contributed by atoms with Crippen LogP contribution in [0.4, 0.5) is 0 Å². The van der Waals surface area contributed by atoms with E-state index in [1.807, 2.05) is 18.7 Å². The van der Waals surface area contributed by atoms with Crippen LogP contribution in [-0.4, -0.2) is 106 Å². The maximum atomic E-state index is 13.5. The van der Waals surface area contributed by atoms with Crippen LogP contribution in [0.25, 0.3) is 0 Å². The highest BCUT2D eigenvalue weighted by Crippen LogP contribution is 2.38. The van der Waals surface area contributed by atoms with Gasteiger partial charge < -0.3 is 33.7 Å². The summed E-state index contributed by atoms with van der Waals surface area (Å²) in [6, 6.07) is 3.35. The van der Waals surface area contributed by atoms with Crippen LogP contribution < -0.4 is 14.2 Å². The van der Waals surface area contributed by atoms with Gasteiger partial charge in [-0.15, -0.1) is 0 Å². The second-order valence-corrected chi connectivity index (χ2v) is 9.31. The van der Waals surface area contributed by atoms with Crippen molar-refractivity contribution in [2.24, 2.45) is 5.92 Å². The van der Waals surface area contributed by atoms with Gasteiger partial charge in [0, 0.05) is 38.3 Å². The van der Waals surface area contributed by atoms with E-state index in [0.29, 0.717) is 62.2 Å². The summed E-state index contributed by atoms with van der Waals surface area (Å²) in [4.78, 5) is 17.5. The standard InChI is InChI=1S/C25H42N2O7/c1-17(2)12-27(25(29)19-10-22(30-5)24(32-7)23(11-19)31-6)15-21-14-26(8-9-33-21)13-20(28)16-34-18(3)4/h10-11,17-18,20-21,28H,8-9,12-16H2,1-7H3/t20-,21-/m0/s1. The minimum absolute atomic E-state index is 0.0814. The van der Waals surface area contributed by atoms with Crippen molar-refractivity contribution in [3.05, 3.63) is 17.7 Å². The molecule has 0 aromatic heterocycles. The first-order chi connectivity index (χ1) is 16.2. The van der Waals surface area contributed by atoms with Gasteiger partial charge in [-0.05, 0) is 31.9 Å². The highest BCUT2D eigenvalue weighted by Gasteiger charge is 2.28. The van der Waals surface area contributed by atoms with E-state index >= 15 is 0 Å². The maximum Gasteiger partial charge on any atom is 0.254 e. The van der Waals surface area contributed by atoms with Gasteiger partial charge in [0.15, 0.2) is 11.5 Å². The third-order valence-electron chi connectivity index (χ3n) is 5.52. The number of amides is 1. The molecule has 0 bridgehead atoms. The number of rotatable bonds is 13. The Kier molecular flexibility index (Phi) is 11.4. The average molecular weight is 483 g/mol.